The lowest BCUT2D eigenvalue weighted by atomic mass is 9.51. The van der Waals surface area contributed by atoms with E-state index < -0.39 is 0 Å². The number of hydrogen-bond acceptors (Lipinski definition) is 8. The lowest BCUT2D eigenvalue weighted by Gasteiger charge is -2.54. The number of carbonyl (C=O) groups is 1. The molecule has 0 aliphatic heterocycles. The third kappa shape index (κ3) is 3.89. The molecule has 10 nitrogen and oxygen atoms in total. The molecule has 0 bridgehead atoms. The van der Waals surface area contributed by atoms with Gasteiger partial charge in [0.25, 0.3) is 0 Å². The van der Waals surface area contributed by atoms with Gasteiger partial charge in [0.05, 0.1) is 17.9 Å². The Hall–Kier alpha value is -3.92. The summed E-state index contributed by atoms with van der Waals surface area (Å²) < 4.78 is 6.09. The lowest BCUT2D eigenvalue weighted by molar-refractivity contribution is -0.139. The van der Waals surface area contributed by atoms with Crippen LogP contribution < -0.4 is 5.32 Å². The van der Waals surface area contributed by atoms with Crippen LogP contribution in [0.3, 0.4) is 0 Å². The molecule has 270 valence electrons. The van der Waals surface area contributed by atoms with Crippen molar-refractivity contribution >= 4 is 5.91 Å². The monoisotopic (exact) mass is 699 g/mol. The van der Waals surface area contributed by atoms with E-state index in [2.05, 4.69) is 62.1 Å². The summed E-state index contributed by atoms with van der Waals surface area (Å²) >= 11 is 0. The third-order valence-electron chi connectivity index (χ3n) is 16.8. The molecule has 2 heterocycles. The minimum absolute atomic E-state index is 0.0361. The highest BCUT2D eigenvalue weighted by atomic mass is 16.4. The van der Waals surface area contributed by atoms with Crippen molar-refractivity contribution in [1.82, 2.24) is 36.1 Å². The molecular formula is C42H49N7O3. The molecule has 7 fully saturated rings. The van der Waals surface area contributed by atoms with E-state index in [1.807, 2.05) is 36.4 Å². The molecule has 7 aliphatic carbocycles. The van der Waals surface area contributed by atoms with Gasteiger partial charge in [-0.05, 0) is 144 Å². The maximum absolute atomic E-state index is 14.4. The molecule has 10 atom stereocenters. The van der Waals surface area contributed by atoms with Gasteiger partial charge in [-0.25, -0.2) is 0 Å². The molecule has 1 amide bonds. The first-order valence-corrected chi connectivity index (χ1v) is 19.9. The highest BCUT2D eigenvalue weighted by Gasteiger charge is 2.98. The standard InChI is InChI=1S/C42H49N7O3/c1-38(2)29-13-19-41-31-12-17-39(16-4-7-30(39)42(31,41)23-28-34(41)40(28,29)18-14-32(38)50)37(51)43-20-15-24-5-3-6-27(21-24)36-47-44-33(52-36)22-25-8-10-26(11-9-25)35-45-48-49-46-35/h3,5-6,8-11,21,28-32,34,50H,4,7,12-20,22-23H2,1-2H3,(H,43,51)(H,45,46,48,49). The van der Waals surface area contributed by atoms with Crippen molar-refractivity contribution in [3.05, 3.63) is 65.5 Å². The Labute approximate surface area is 304 Å². The second-order valence-corrected chi connectivity index (χ2v) is 18.5. The van der Waals surface area contributed by atoms with Gasteiger partial charge in [0, 0.05) is 17.7 Å². The van der Waals surface area contributed by atoms with Crippen LogP contribution in [0.5, 0.6) is 0 Å². The number of nitrogens with one attached hydrogen (secondary N) is 2. The first kappa shape index (κ1) is 31.6. The van der Waals surface area contributed by atoms with Crippen LogP contribution in [0.25, 0.3) is 22.8 Å². The molecule has 7 saturated carbocycles. The normalized spacial score (nSPS) is 39.8. The van der Waals surface area contributed by atoms with Crippen molar-refractivity contribution in [2.24, 2.45) is 56.7 Å². The molecular weight excluding hydrogens is 651 g/mol. The zero-order valence-electron chi connectivity index (χ0n) is 30.3. The van der Waals surface area contributed by atoms with Gasteiger partial charge in [0.1, 0.15) is 0 Å². The second-order valence-electron chi connectivity index (χ2n) is 18.5. The van der Waals surface area contributed by atoms with Crippen molar-refractivity contribution in [1.29, 1.82) is 0 Å². The Bertz CT molecular complexity index is 2060. The number of H-pyrrole nitrogens is 1. The van der Waals surface area contributed by atoms with E-state index in [0.717, 1.165) is 65.7 Å². The molecule has 7 aliphatic rings. The molecule has 52 heavy (non-hydrogen) atoms. The highest BCUT2D eigenvalue weighted by molar-refractivity contribution is 5.84. The fourth-order valence-electron chi connectivity index (χ4n) is 15.1. The van der Waals surface area contributed by atoms with Crippen molar-refractivity contribution in [2.45, 2.75) is 97.0 Å². The molecule has 0 radical (unpaired) electrons. The van der Waals surface area contributed by atoms with E-state index >= 15 is 0 Å². The van der Waals surface area contributed by atoms with Gasteiger partial charge in [-0.15, -0.1) is 20.4 Å². The quantitative estimate of drug-likeness (QED) is 0.187. The van der Waals surface area contributed by atoms with Gasteiger partial charge < -0.3 is 14.8 Å². The summed E-state index contributed by atoms with van der Waals surface area (Å²) in [5.41, 5.74) is 5.25. The Kier molecular flexibility index (Phi) is 6.44. The van der Waals surface area contributed by atoms with Crippen LogP contribution in [0.2, 0.25) is 0 Å². The molecule has 2 aromatic carbocycles. The van der Waals surface area contributed by atoms with Crippen LogP contribution >= 0.6 is 0 Å². The summed E-state index contributed by atoms with van der Waals surface area (Å²) in [7, 11) is 0. The number of carbonyl (C=O) groups excluding carboxylic acids is 1. The number of rotatable bonds is 8. The van der Waals surface area contributed by atoms with Gasteiger partial charge in [-0.3, -0.25) is 4.79 Å². The van der Waals surface area contributed by atoms with E-state index in [1.54, 1.807) is 0 Å². The van der Waals surface area contributed by atoms with Crippen molar-refractivity contribution in [2.75, 3.05) is 6.54 Å². The molecule has 3 N–H and O–H groups in total. The predicted molar refractivity (Wildman–Crippen MR) is 192 cm³/mol. The molecule has 10 heteroatoms. The van der Waals surface area contributed by atoms with Crippen LogP contribution in [0, 0.1) is 56.7 Å². The van der Waals surface area contributed by atoms with Crippen LogP contribution in [-0.2, 0) is 17.6 Å². The number of tetrazole rings is 1. The highest BCUT2D eigenvalue weighted by Crippen LogP contribution is 3.02. The van der Waals surface area contributed by atoms with Crippen LogP contribution in [0.1, 0.15) is 95.1 Å². The average molecular weight is 700 g/mol. The average Bonchev–Trinajstić information content (AvgIpc) is 3.63. The maximum Gasteiger partial charge on any atom is 0.247 e. The Morgan fingerprint density at radius 2 is 1.77 bits per heavy atom. The summed E-state index contributed by atoms with van der Waals surface area (Å²) in [6.45, 7) is 5.36. The number of amides is 1. The minimum Gasteiger partial charge on any atom is -0.420 e. The number of benzene rings is 2. The number of aliphatic hydroxyl groups is 1. The first-order valence-electron chi connectivity index (χ1n) is 19.9. The molecule has 2 aromatic heterocycles. The summed E-state index contributed by atoms with van der Waals surface area (Å²) in [6, 6.07) is 16.2. The number of aromatic nitrogens is 6. The third-order valence-corrected chi connectivity index (χ3v) is 16.8. The minimum atomic E-state index is -0.182. The van der Waals surface area contributed by atoms with Crippen LogP contribution in [-0.4, -0.2) is 54.5 Å². The lowest BCUT2D eigenvalue weighted by Crippen LogP contribution is -2.52. The van der Waals surface area contributed by atoms with Crippen LogP contribution in [0.4, 0.5) is 0 Å². The van der Waals surface area contributed by atoms with Gasteiger partial charge >= 0.3 is 0 Å². The maximum atomic E-state index is 14.4. The number of hydrogen-bond donors (Lipinski definition) is 3. The molecule has 3 spiro atoms. The predicted octanol–water partition coefficient (Wildman–Crippen LogP) is 6.58. The molecule has 4 aromatic rings. The van der Waals surface area contributed by atoms with Gasteiger partial charge in [-0.1, -0.05) is 56.7 Å². The Balaban J connectivity index is 0.748. The van der Waals surface area contributed by atoms with Crippen molar-refractivity contribution in [3.63, 3.8) is 0 Å². The summed E-state index contributed by atoms with van der Waals surface area (Å²) in [5.74, 6) is 5.74. The fraction of sp³-hybridized carbons (Fsp3) is 0.619. The zero-order chi connectivity index (χ0) is 35.1. The van der Waals surface area contributed by atoms with E-state index in [-0.39, 0.29) is 16.9 Å². The van der Waals surface area contributed by atoms with Crippen molar-refractivity contribution < 1.29 is 14.3 Å². The topological polar surface area (TPSA) is 143 Å². The van der Waals surface area contributed by atoms with Gasteiger partial charge in [0.15, 0.2) is 0 Å². The SMILES string of the molecule is CC1(C)C(O)CCC23C4CC56C7CCCC7(C(=O)NCCc7cccc(-c8nnc(Cc9ccc(-c%10nn[nH]n%10)cc9)o8)c7)CCC5C6(CCC12)C43. The number of fused-ring (bicyclic) bond motifs is 1. The van der Waals surface area contributed by atoms with Crippen molar-refractivity contribution in [3.8, 4) is 22.8 Å². The van der Waals surface area contributed by atoms with Gasteiger partial charge in [0.2, 0.25) is 23.5 Å². The largest absolute Gasteiger partial charge is 0.420 e. The summed E-state index contributed by atoms with van der Waals surface area (Å²) in [5, 5.41) is 37.3. The molecule has 10 unspecified atom stereocenters. The van der Waals surface area contributed by atoms with Crippen LogP contribution in [0.15, 0.2) is 52.9 Å². The summed E-state index contributed by atoms with van der Waals surface area (Å²) in [4.78, 5) is 14.4. The number of aliphatic hydroxyl groups excluding tert-OH is 1. The smallest absolute Gasteiger partial charge is 0.247 e. The summed E-state index contributed by atoms with van der Waals surface area (Å²) in [6.07, 6.45) is 13.2. The fourth-order valence-corrected chi connectivity index (χ4v) is 15.1. The van der Waals surface area contributed by atoms with Gasteiger partial charge in [-0.2, -0.15) is 5.21 Å². The zero-order valence-corrected chi connectivity index (χ0v) is 30.3. The number of nitrogens with zero attached hydrogens (tertiary/aromatic N) is 5. The van der Waals surface area contributed by atoms with E-state index in [9.17, 15) is 9.90 Å². The van der Waals surface area contributed by atoms with E-state index in [0.29, 0.717) is 64.6 Å². The van der Waals surface area contributed by atoms with E-state index in [4.69, 9.17) is 4.42 Å². The Morgan fingerprint density at radius 3 is 2.62 bits per heavy atom. The Morgan fingerprint density at radius 1 is 0.904 bits per heavy atom. The second kappa shape index (κ2) is 10.6. The number of aromatic amines is 1. The first-order chi connectivity index (χ1) is 25.2. The molecule has 0 saturated heterocycles. The molecule has 11 rings (SSSR count). The van der Waals surface area contributed by atoms with E-state index in [1.165, 1.54) is 44.9 Å².